The molecule has 0 radical (unpaired) electrons. The van der Waals surface area contributed by atoms with Gasteiger partial charge in [0.1, 0.15) is 11.6 Å². The molecule has 1 amide bonds. The highest BCUT2D eigenvalue weighted by atomic mass is 35.5. The lowest BCUT2D eigenvalue weighted by Crippen LogP contribution is -2.14. The van der Waals surface area contributed by atoms with E-state index in [9.17, 15) is 9.18 Å². The molecule has 0 saturated carbocycles. The molecule has 0 spiro atoms. The molecule has 1 N–H and O–H groups in total. The zero-order chi connectivity index (χ0) is 18.7. The first-order valence-corrected chi connectivity index (χ1v) is 8.16. The smallest absolute Gasteiger partial charge is 0.322 e. The molecule has 0 aliphatic carbocycles. The van der Waals surface area contributed by atoms with Crippen molar-refractivity contribution in [2.45, 2.75) is 13.8 Å². The summed E-state index contributed by atoms with van der Waals surface area (Å²) in [6.45, 7) is 3.69. The maximum Gasteiger partial charge on any atom is 0.322 e. The van der Waals surface area contributed by atoms with Gasteiger partial charge in [-0.05, 0) is 44.2 Å². The van der Waals surface area contributed by atoms with E-state index in [4.69, 9.17) is 16.3 Å². The third-order valence-electron chi connectivity index (χ3n) is 3.45. The molecule has 0 aliphatic rings. The Kier molecular flexibility index (Phi) is 5.14. The van der Waals surface area contributed by atoms with Crippen molar-refractivity contribution in [1.29, 1.82) is 0 Å². The van der Waals surface area contributed by atoms with Gasteiger partial charge in [-0.2, -0.15) is 0 Å². The van der Waals surface area contributed by atoms with Crippen molar-refractivity contribution in [3.63, 3.8) is 0 Å². The Morgan fingerprint density at radius 2 is 1.77 bits per heavy atom. The fraction of sp³-hybridized carbons (Fsp3) is 0.105. The first-order chi connectivity index (χ1) is 12.4. The molecule has 1 aromatic heterocycles. The zero-order valence-corrected chi connectivity index (χ0v) is 14.8. The molecule has 7 heteroatoms. The molecule has 0 bridgehead atoms. The van der Waals surface area contributed by atoms with Crippen LogP contribution in [-0.2, 0) is 0 Å². The predicted octanol–water partition coefficient (Wildman–Crippen LogP) is 4.93. The lowest BCUT2D eigenvalue weighted by atomic mass is 10.2. The van der Waals surface area contributed by atoms with E-state index < -0.39 is 11.7 Å². The van der Waals surface area contributed by atoms with Gasteiger partial charge >= 0.3 is 6.01 Å². The minimum atomic E-state index is -0.689. The van der Waals surface area contributed by atoms with Crippen LogP contribution in [0.2, 0.25) is 5.02 Å². The van der Waals surface area contributed by atoms with E-state index in [1.165, 1.54) is 18.2 Å². The van der Waals surface area contributed by atoms with Crippen LogP contribution in [0.4, 0.5) is 10.1 Å². The number of halogens is 2. The Bertz CT molecular complexity index is 938. The summed E-state index contributed by atoms with van der Waals surface area (Å²) in [6.07, 6.45) is 0. The number of nitrogens with one attached hydrogen (secondary N) is 1. The van der Waals surface area contributed by atoms with Crippen molar-refractivity contribution in [1.82, 2.24) is 9.97 Å². The van der Waals surface area contributed by atoms with E-state index in [2.05, 4.69) is 15.3 Å². The molecule has 3 aromatic rings. The summed E-state index contributed by atoms with van der Waals surface area (Å²) in [7, 11) is 0. The number of aromatic nitrogens is 2. The third-order valence-corrected chi connectivity index (χ3v) is 3.77. The summed E-state index contributed by atoms with van der Waals surface area (Å²) in [6, 6.07) is 12.8. The van der Waals surface area contributed by atoms with Crippen LogP contribution in [-0.4, -0.2) is 15.9 Å². The van der Waals surface area contributed by atoms with E-state index in [0.717, 1.165) is 11.4 Å². The molecular weight excluding hydrogens is 357 g/mol. The van der Waals surface area contributed by atoms with Gasteiger partial charge in [0.15, 0.2) is 0 Å². The van der Waals surface area contributed by atoms with E-state index >= 15 is 0 Å². The van der Waals surface area contributed by atoms with Crippen LogP contribution in [0.5, 0.6) is 11.8 Å². The van der Waals surface area contributed by atoms with Gasteiger partial charge < -0.3 is 10.1 Å². The van der Waals surface area contributed by atoms with Crippen molar-refractivity contribution in [2.75, 3.05) is 5.32 Å². The average Bonchev–Trinajstić information content (AvgIpc) is 2.54. The van der Waals surface area contributed by atoms with Crippen molar-refractivity contribution in [3.8, 4) is 11.8 Å². The van der Waals surface area contributed by atoms with Crippen LogP contribution in [0.25, 0.3) is 0 Å². The number of hydrogen-bond acceptors (Lipinski definition) is 4. The van der Waals surface area contributed by atoms with Gasteiger partial charge in [0, 0.05) is 23.1 Å². The number of rotatable bonds is 4. The quantitative estimate of drug-likeness (QED) is 0.706. The molecule has 0 aliphatic heterocycles. The van der Waals surface area contributed by atoms with E-state index in [0.29, 0.717) is 11.4 Å². The molecule has 132 valence electrons. The monoisotopic (exact) mass is 371 g/mol. The van der Waals surface area contributed by atoms with E-state index in [-0.39, 0.29) is 16.6 Å². The summed E-state index contributed by atoms with van der Waals surface area (Å²) in [5, 5.41) is 2.64. The normalized spacial score (nSPS) is 10.5. The second kappa shape index (κ2) is 7.49. The highest BCUT2D eigenvalue weighted by Crippen LogP contribution is 2.24. The summed E-state index contributed by atoms with van der Waals surface area (Å²) in [4.78, 5) is 20.7. The Morgan fingerprint density at radius 1 is 1.08 bits per heavy atom. The number of anilines is 1. The van der Waals surface area contributed by atoms with Crippen LogP contribution >= 0.6 is 11.6 Å². The first kappa shape index (κ1) is 17.8. The molecular formula is C19H15ClFN3O2. The average molecular weight is 372 g/mol. The number of nitrogens with zero attached hydrogens (tertiary/aromatic N) is 2. The van der Waals surface area contributed by atoms with Crippen molar-refractivity contribution >= 4 is 23.2 Å². The predicted molar refractivity (Wildman–Crippen MR) is 97.4 cm³/mol. The molecule has 3 rings (SSSR count). The molecule has 1 heterocycles. The second-order valence-corrected chi connectivity index (χ2v) is 6.02. The van der Waals surface area contributed by atoms with Crippen molar-refractivity contribution in [3.05, 3.63) is 76.3 Å². The lowest BCUT2D eigenvalue weighted by molar-refractivity contribution is 0.102. The third kappa shape index (κ3) is 4.15. The fourth-order valence-electron chi connectivity index (χ4n) is 2.39. The van der Waals surface area contributed by atoms with Crippen LogP contribution in [0, 0.1) is 19.7 Å². The standard InChI is InChI=1S/C19H15ClFN3O2/c1-11-9-12(2)23-19(22-11)26-14-6-3-5-13(10-14)24-18(25)17-15(20)7-4-8-16(17)21/h3-10H,1-2H3,(H,24,25). The fourth-order valence-corrected chi connectivity index (χ4v) is 2.64. The van der Waals surface area contributed by atoms with E-state index in [1.54, 1.807) is 24.3 Å². The zero-order valence-electron chi connectivity index (χ0n) is 14.1. The minimum Gasteiger partial charge on any atom is -0.424 e. The number of ether oxygens (including phenoxy) is 1. The van der Waals surface area contributed by atoms with Gasteiger partial charge in [0.05, 0.1) is 10.6 Å². The number of benzene rings is 2. The number of amides is 1. The van der Waals surface area contributed by atoms with Crippen LogP contribution in [0.1, 0.15) is 21.7 Å². The van der Waals surface area contributed by atoms with Crippen molar-refractivity contribution in [2.24, 2.45) is 0 Å². The lowest BCUT2D eigenvalue weighted by Gasteiger charge is -2.10. The van der Waals surface area contributed by atoms with Gasteiger partial charge in [-0.1, -0.05) is 23.7 Å². The molecule has 0 fully saturated rings. The number of carbonyl (C=O) groups is 1. The van der Waals surface area contributed by atoms with Crippen LogP contribution < -0.4 is 10.1 Å². The van der Waals surface area contributed by atoms with Crippen LogP contribution in [0.3, 0.4) is 0 Å². The number of carbonyl (C=O) groups excluding carboxylic acids is 1. The van der Waals surface area contributed by atoms with Crippen LogP contribution in [0.15, 0.2) is 48.5 Å². The molecule has 5 nitrogen and oxygen atoms in total. The van der Waals surface area contributed by atoms with Crippen molar-refractivity contribution < 1.29 is 13.9 Å². The topological polar surface area (TPSA) is 64.1 Å². The maximum absolute atomic E-state index is 13.9. The number of hydrogen-bond donors (Lipinski definition) is 1. The summed E-state index contributed by atoms with van der Waals surface area (Å²) in [5.41, 5.74) is 1.78. The van der Waals surface area contributed by atoms with E-state index in [1.807, 2.05) is 19.9 Å². The Labute approximate surface area is 154 Å². The van der Waals surface area contributed by atoms with Gasteiger partial charge in [-0.25, -0.2) is 14.4 Å². The molecule has 0 atom stereocenters. The first-order valence-electron chi connectivity index (χ1n) is 7.78. The molecule has 26 heavy (non-hydrogen) atoms. The summed E-state index contributed by atoms with van der Waals surface area (Å²) < 4.78 is 19.5. The molecule has 0 unspecified atom stereocenters. The van der Waals surface area contributed by atoms with Gasteiger partial charge in [0.25, 0.3) is 5.91 Å². The second-order valence-electron chi connectivity index (χ2n) is 5.61. The van der Waals surface area contributed by atoms with Gasteiger partial charge in [-0.3, -0.25) is 4.79 Å². The minimum absolute atomic E-state index is 0.0403. The number of aryl methyl sites for hydroxylation is 2. The Balaban J connectivity index is 1.80. The maximum atomic E-state index is 13.9. The Morgan fingerprint density at radius 3 is 2.46 bits per heavy atom. The summed E-state index contributed by atoms with van der Waals surface area (Å²) in [5.74, 6) is -0.897. The van der Waals surface area contributed by atoms with Gasteiger partial charge in [0.2, 0.25) is 0 Å². The highest BCUT2D eigenvalue weighted by molar-refractivity contribution is 6.34. The highest BCUT2D eigenvalue weighted by Gasteiger charge is 2.16. The SMILES string of the molecule is Cc1cc(C)nc(Oc2cccc(NC(=O)c3c(F)cccc3Cl)c2)n1. The molecule has 0 saturated heterocycles. The van der Waals surface area contributed by atoms with Gasteiger partial charge in [-0.15, -0.1) is 0 Å². The largest absolute Gasteiger partial charge is 0.424 e. The summed E-state index contributed by atoms with van der Waals surface area (Å²) >= 11 is 5.92. The Hall–Kier alpha value is -2.99. The molecule has 2 aromatic carbocycles.